The van der Waals surface area contributed by atoms with Gasteiger partial charge in [0.2, 0.25) is 0 Å². The average molecular weight is 247 g/mol. The summed E-state index contributed by atoms with van der Waals surface area (Å²) in [5, 5.41) is 3.39. The Kier molecular flexibility index (Phi) is 5.17. The molecular weight excluding hydrogens is 222 g/mol. The molecule has 0 spiro atoms. The van der Waals surface area contributed by atoms with Gasteiger partial charge in [-0.25, -0.2) is 0 Å². The summed E-state index contributed by atoms with van der Waals surface area (Å²) in [6.07, 6.45) is 1.14. The van der Waals surface area contributed by atoms with Crippen LogP contribution in [-0.4, -0.2) is 56.2 Å². The highest BCUT2D eigenvalue weighted by Crippen LogP contribution is 2.05. The third kappa shape index (κ3) is 4.41. The lowest BCUT2D eigenvalue weighted by Crippen LogP contribution is -2.47. The van der Waals surface area contributed by atoms with Gasteiger partial charge >= 0.3 is 0 Å². The van der Waals surface area contributed by atoms with E-state index in [1.165, 1.54) is 24.2 Å². The molecule has 0 atom stereocenters. The van der Waals surface area contributed by atoms with Gasteiger partial charge < -0.3 is 5.32 Å². The molecule has 1 aromatic rings. The maximum atomic E-state index is 3.39. The molecule has 1 heterocycles. The van der Waals surface area contributed by atoms with E-state index in [9.17, 15) is 0 Å². The first-order valence-corrected chi connectivity index (χ1v) is 6.91. The Labute approximate surface area is 111 Å². The van der Waals surface area contributed by atoms with E-state index in [1.54, 1.807) is 0 Å². The first-order chi connectivity index (χ1) is 8.74. The molecule has 0 aliphatic carbocycles. The zero-order chi connectivity index (χ0) is 12.8. The van der Waals surface area contributed by atoms with Crippen molar-refractivity contribution in [1.82, 2.24) is 15.1 Å². The fraction of sp³-hybridized carbons (Fsp3) is 0.600. The van der Waals surface area contributed by atoms with Crippen molar-refractivity contribution in [1.29, 1.82) is 0 Å². The van der Waals surface area contributed by atoms with E-state index in [1.807, 2.05) is 0 Å². The third-order valence-electron chi connectivity index (χ3n) is 3.52. The maximum absolute atomic E-state index is 3.39. The van der Waals surface area contributed by atoms with E-state index >= 15 is 0 Å². The van der Waals surface area contributed by atoms with Gasteiger partial charge in [-0.2, -0.15) is 0 Å². The molecule has 0 bridgehead atoms. The Morgan fingerprint density at radius 1 is 1.28 bits per heavy atom. The first-order valence-electron chi connectivity index (χ1n) is 6.91. The van der Waals surface area contributed by atoms with Crippen LogP contribution in [0.25, 0.3) is 0 Å². The Bertz CT molecular complexity index is 359. The van der Waals surface area contributed by atoms with Gasteiger partial charge in [0.1, 0.15) is 0 Å². The lowest BCUT2D eigenvalue weighted by atomic mass is 10.1. The first kappa shape index (κ1) is 13.5. The molecule has 1 aromatic carbocycles. The van der Waals surface area contributed by atoms with Crippen LogP contribution in [0.3, 0.4) is 0 Å². The SMILES string of the molecule is Cc1cccc(CCN(C)CN2CCNCC2)c1. The molecule has 0 radical (unpaired) electrons. The van der Waals surface area contributed by atoms with Crippen LogP contribution < -0.4 is 5.32 Å². The standard InChI is InChI=1S/C15H25N3/c1-14-4-3-5-15(12-14)6-9-17(2)13-18-10-7-16-8-11-18/h3-5,12,16H,6-11,13H2,1-2H3. The van der Waals surface area contributed by atoms with E-state index in [0.29, 0.717) is 0 Å². The smallest absolute Gasteiger partial charge is 0.0504 e. The van der Waals surface area contributed by atoms with E-state index in [4.69, 9.17) is 0 Å². The summed E-state index contributed by atoms with van der Waals surface area (Å²) >= 11 is 0. The van der Waals surface area contributed by atoms with Gasteiger partial charge in [-0.05, 0) is 26.0 Å². The van der Waals surface area contributed by atoms with E-state index in [0.717, 1.165) is 32.7 Å². The fourth-order valence-electron chi connectivity index (χ4n) is 2.45. The number of rotatable bonds is 5. The minimum atomic E-state index is 1.09. The van der Waals surface area contributed by atoms with Gasteiger partial charge in [0.15, 0.2) is 0 Å². The average Bonchev–Trinajstić information content (AvgIpc) is 2.38. The van der Waals surface area contributed by atoms with Crippen LogP contribution >= 0.6 is 0 Å². The summed E-state index contributed by atoms with van der Waals surface area (Å²) in [6, 6.07) is 8.83. The Morgan fingerprint density at radius 2 is 2.06 bits per heavy atom. The van der Waals surface area contributed by atoms with Crippen molar-refractivity contribution in [3.63, 3.8) is 0 Å². The minimum absolute atomic E-state index is 1.09. The summed E-state index contributed by atoms with van der Waals surface area (Å²) in [6.45, 7) is 9.00. The molecule has 1 N–H and O–H groups in total. The molecule has 3 nitrogen and oxygen atoms in total. The number of aryl methyl sites for hydroxylation is 1. The predicted octanol–water partition coefficient (Wildman–Crippen LogP) is 1.33. The summed E-state index contributed by atoms with van der Waals surface area (Å²) in [4.78, 5) is 4.94. The van der Waals surface area contributed by atoms with Crippen LogP contribution in [0.1, 0.15) is 11.1 Å². The molecule has 100 valence electrons. The Morgan fingerprint density at radius 3 is 2.78 bits per heavy atom. The molecule has 3 heteroatoms. The van der Waals surface area contributed by atoms with Gasteiger partial charge in [-0.15, -0.1) is 0 Å². The molecule has 0 aromatic heterocycles. The van der Waals surface area contributed by atoms with E-state index in [-0.39, 0.29) is 0 Å². The van der Waals surface area contributed by atoms with E-state index in [2.05, 4.69) is 53.4 Å². The highest BCUT2D eigenvalue weighted by molar-refractivity contribution is 5.22. The van der Waals surface area contributed by atoms with Crippen molar-refractivity contribution >= 4 is 0 Å². The predicted molar refractivity (Wildman–Crippen MR) is 76.8 cm³/mol. The number of hydrogen-bond donors (Lipinski definition) is 1. The van der Waals surface area contributed by atoms with Crippen molar-refractivity contribution < 1.29 is 0 Å². The Hall–Kier alpha value is -0.900. The molecule has 1 aliphatic rings. The quantitative estimate of drug-likeness (QED) is 0.847. The number of benzene rings is 1. The second-order valence-corrected chi connectivity index (χ2v) is 5.33. The molecule has 18 heavy (non-hydrogen) atoms. The van der Waals surface area contributed by atoms with Crippen LogP contribution in [0.4, 0.5) is 0 Å². The van der Waals surface area contributed by atoms with Crippen molar-refractivity contribution in [2.24, 2.45) is 0 Å². The van der Waals surface area contributed by atoms with Gasteiger partial charge in [0.25, 0.3) is 0 Å². The number of piperazine rings is 1. The molecular formula is C15H25N3. The van der Waals surface area contributed by atoms with Gasteiger partial charge in [-0.1, -0.05) is 29.8 Å². The van der Waals surface area contributed by atoms with Crippen LogP contribution in [0.2, 0.25) is 0 Å². The van der Waals surface area contributed by atoms with Gasteiger partial charge in [0.05, 0.1) is 6.67 Å². The van der Waals surface area contributed by atoms with Crippen LogP contribution in [0.15, 0.2) is 24.3 Å². The number of nitrogens with one attached hydrogen (secondary N) is 1. The lowest BCUT2D eigenvalue weighted by molar-refractivity contribution is 0.140. The zero-order valence-electron chi connectivity index (χ0n) is 11.7. The monoisotopic (exact) mass is 247 g/mol. The third-order valence-corrected chi connectivity index (χ3v) is 3.52. The normalized spacial score (nSPS) is 17.3. The molecule has 1 fully saturated rings. The molecule has 2 rings (SSSR count). The topological polar surface area (TPSA) is 18.5 Å². The van der Waals surface area contributed by atoms with Crippen LogP contribution in [-0.2, 0) is 6.42 Å². The number of likely N-dealkylation sites (N-methyl/N-ethyl adjacent to an activating group) is 1. The second kappa shape index (κ2) is 6.88. The summed E-state index contributed by atoms with van der Waals surface area (Å²) in [5.74, 6) is 0. The Balaban J connectivity index is 1.72. The maximum Gasteiger partial charge on any atom is 0.0504 e. The number of nitrogens with zero attached hydrogens (tertiary/aromatic N) is 2. The number of hydrogen-bond acceptors (Lipinski definition) is 3. The molecule has 0 amide bonds. The lowest BCUT2D eigenvalue weighted by Gasteiger charge is -2.31. The van der Waals surface area contributed by atoms with Crippen LogP contribution in [0, 0.1) is 6.92 Å². The largest absolute Gasteiger partial charge is 0.314 e. The summed E-state index contributed by atoms with van der Waals surface area (Å²) in [5.41, 5.74) is 2.81. The van der Waals surface area contributed by atoms with Crippen LogP contribution in [0.5, 0.6) is 0 Å². The molecule has 1 aliphatic heterocycles. The highest BCUT2D eigenvalue weighted by atomic mass is 15.3. The van der Waals surface area contributed by atoms with Crippen molar-refractivity contribution in [2.45, 2.75) is 13.3 Å². The van der Waals surface area contributed by atoms with E-state index < -0.39 is 0 Å². The van der Waals surface area contributed by atoms with Gasteiger partial charge in [0, 0.05) is 32.7 Å². The second-order valence-electron chi connectivity index (χ2n) is 5.33. The van der Waals surface area contributed by atoms with Crippen molar-refractivity contribution in [2.75, 3.05) is 46.4 Å². The summed E-state index contributed by atoms with van der Waals surface area (Å²) in [7, 11) is 2.22. The fourth-order valence-corrected chi connectivity index (χ4v) is 2.45. The van der Waals surface area contributed by atoms with Gasteiger partial charge in [-0.3, -0.25) is 9.80 Å². The zero-order valence-corrected chi connectivity index (χ0v) is 11.7. The molecule has 0 saturated carbocycles. The summed E-state index contributed by atoms with van der Waals surface area (Å²) < 4.78 is 0. The molecule has 1 saturated heterocycles. The minimum Gasteiger partial charge on any atom is -0.314 e. The highest BCUT2D eigenvalue weighted by Gasteiger charge is 2.11. The van der Waals surface area contributed by atoms with Crippen molar-refractivity contribution in [3.8, 4) is 0 Å². The van der Waals surface area contributed by atoms with Crippen molar-refractivity contribution in [3.05, 3.63) is 35.4 Å². The molecule has 0 unspecified atom stereocenters.